The molecule has 2 atom stereocenters. The molecule has 0 spiro atoms. The Labute approximate surface area is 117 Å². The van der Waals surface area contributed by atoms with E-state index in [0.29, 0.717) is 12.3 Å². The zero-order chi connectivity index (χ0) is 14.9. The van der Waals surface area contributed by atoms with Crippen LogP contribution in [0.4, 0.5) is 5.69 Å². The second kappa shape index (κ2) is 5.25. The van der Waals surface area contributed by atoms with Gasteiger partial charge in [0.15, 0.2) is 0 Å². The number of rotatable bonds is 5. The Hall–Kier alpha value is -1.88. The number of nitrogens with one attached hydrogen (secondary N) is 1. The van der Waals surface area contributed by atoms with Crippen LogP contribution in [0.15, 0.2) is 24.3 Å². The third-order valence-corrected chi connectivity index (χ3v) is 3.95. The fourth-order valence-corrected chi connectivity index (χ4v) is 2.72. The van der Waals surface area contributed by atoms with Gasteiger partial charge in [0, 0.05) is 18.4 Å². The number of carbonyl (C=O) groups is 2. The molecule has 20 heavy (non-hydrogen) atoms. The number of hydrogen-bond acceptors (Lipinski definition) is 3. The highest BCUT2D eigenvalue weighted by Crippen LogP contribution is 2.58. The van der Waals surface area contributed by atoms with E-state index in [2.05, 4.69) is 5.32 Å². The summed E-state index contributed by atoms with van der Waals surface area (Å²) in [7, 11) is 1.59. The fourth-order valence-electron chi connectivity index (χ4n) is 2.72. The number of amides is 1. The molecule has 1 amide bonds. The Morgan fingerprint density at radius 1 is 1.30 bits per heavy atom. The first kappa shape index (κ1) is 14.5. The molecule has 0 saturated heterocycles. The quantitative estimate of drug-likeness (QED) is 0.864. The van der Waals surface area contributed by atoms with Crippen LogP contribution < -0.4 is 5.32 Å². The van der Waals surface area contributed by atoms with Gasteiger partial charge >= 0.3 is 5.97 Å². The highest BCUT2D eigenvalue weighted by Gasteiger charge is 2.65. The van der Waals surface area contributed by atoms with Crippen molar-refractivity contribution in [1.29, 1.82) is 0 Å². The topological polar surface area (TPSA) is 75.6 Å². The molecule has 1 fully saturated rings. The standard InChI is InChI=1S/C15H19NO4/c1-15(2)11(12(15)14(18)19)13(17)16-10-7-5-4-6-9(10)8-20-3/h4-7,11-12H,8H2,1-3H3,(H,16,17)(H,18,19). The molecule has 0 aliphatic heterocycles. The van der Waals surface area contributed by atoms with Gasteiger partial charge in [0.25, 0.3) is 0 Å². The molecule has 0 radical (unpaired) electrons. The first-order valence-electron chi connectivity index (χ1n) is 6.50. The SMILES string of the molecule is COCc1ccccc1NC(=O)C1C(C(=O)O)C1(C)C. The maximum absolute atomic E-state index is 12.2. The number of carbonyl (C=O) groups excluding carboxylic acids is 1. The minimum Gasteiger partial charge on any atom is -0.481 e. The van der Waals surface area contributed by atoms with Crippen molar-refractivity contribution in [2.24, 2.45) is 17.3 Å². The van der Waals surface area contributed by atoms with Crippen LogP contribution in [0.25, 0.3) is 0 Å². The molecule has 1 aromatic carbocycles. The van der Waals surface area contributed by atoms with Crippen LogP contribution in [0, 0.1) is 17.3 Å². The van der Waals surface area contributed by atoms with Crippen LogP contribution in [-0.2, 0) is 20.9 Å². The van der Waals surface area contributed by atoms with E-state index in [9.17, 15) is 9.59 Å². The molecule has 1 aliphatic carbocycles. The number of anilines is 1. The first-order chi connectivity index (χ1) is 9.39. The van der Waals surface area contributed by atoms with Crippen LogP contribution in [0.1, 0.15) is 19.4 Å². The summed E-state index contributed by atoms with van der Waals surface area (Å²) in [6.07, 6.45) is 0. The molecule has 2 unspecified atom stereocenters. The van der Waals surface area contributed by atoms with E-state index in [1.54, 1.807) is 27.0 Å². The highest BCUT2D eigenvalue weighted by atomic mass is 16.5. The number of benzene rings is 1. The summed E-state index contributed by atoms with van der Waals surface area (Å²) in [6, 6.07) is 7.34. The Morgan fingerprint density at radius 2 is 1.95 bits per heavy atom. The first-order valence-corrected chi connectivity index (χ1v) is 6.50. The lowest BCUT2D eigenvalue weighted by Crippen LogP contribution is -2.18. The Morgan fingerprint density at radius 3 is 2.50 bits per heavy atom. The van der Waals surface area contributed by atoms with Crippen LogP contribution in [0.2, 0.25) is 0 Å². The predicted molar refractivity (Wildman–Crippen MR) is 74.2 cm³/mol. The molecule has 0 heterocycles. The van der Waals surface area contributed by atoms with E-state index >= 15 is 0 Å². The third-order valence-electron chi connectivity index (χ3n) is 3.95. The van der Waals surface area contributed by atoms with Crippen LogP contribution in [-0.4, -0.2) is 24.1 Å². The highest BCUT2D eigenvalue weighted by molar-refractivity contribution is 6.00. The minimum atomic E-state index is -0.916. The van der Waals surface area contributed by atoms with Gasteiger partial charge in [0.05, 0.1) is 18.4 Å². The second-order valence-corrected chi connectivity index (χ2v) is 5.69. The maximum atomic E-state index is 12.2. The van der Waals surface area contributed by atoms with Crippen LogP contribution in [0.3, 0.4) is 0 Å². The number of para-hydroxylation sites is 1. The molecule has 108 valence electrons. The van der Waals surface area contributed by atoms with Gasteiger partial charge in [-0.15, -0.1) is 0 Å². The summed E-state index contributed by atoms with van der Waals surface area (Å²) in [5.41, 5.74) is 1.05. The largest absolute Gasteiger partial charge is 0.481 e. The fraction of sp³-hybridized carbons (Fsp3) is 0.467. The molecule has 1 saturated carbocycles. The van der Waals surface area contributed by atoms with E-state index in [0.717, 1.165) is 5.56 Å². The molecule has 1 aliphatic rings. The molecular formula is C15H19NO4. The zero-order valence-electron chi connectivity index (χ0n) is 11.8. The molecule has 2 rings (SSSR count). The van der Waals surface area contributed by atoms with E-state index in [1.165, 1.54) is 0 Å². The van der Waals surface area contributed by atoms with E-state index in [-0.39, 0.29) is 5.91 Å². The smallest absolute Gasteiger partial charge is 0.307 e. The predicted octanol–water partition coefficient (Wildman–Crippen LogP) is 2.13. The van der Waals surface area contributed by atoms with E-state index in [1.807, 2.05) is 18.2 Å². The zero-order valence-corrected chi connectivity index (χ0v) is 11.8. The summed E-state index contributed by atoms with van der Waals surface area (Å²) in [5.74, 6) is -2.26. The molecule has 0 aromatic heterocycles. The van der Waals surface area contributed by atoms with Gasteiger partial charge in [-0.3, -0.25) is 9.59 Å². The van der Waals surface area contributed by atoms with E-state index < -0.39 is 23.2 Å². The van der Waals surface area contributed by atoms with Crippen molar-refractivity contribution >= 4 is 17.6 Å². The molecular weight excluding hydrogens is 258 g/mol. The van der Waals surface area contributed by atoms with Crippen molar-refractivity contribution < 1.29 is 19.4 Å². The average molecular weight is 277 g/mol. The third kappa shape index (κ3) is 2.54. The maximum Gasteiger partial charge on any atom is 0.307 e. The van der Waals surface area contributed by atoms with Crippen LogP contribution in [0.5, 0.6) is 0 Å². The Kier molecular flexibility index (Phi) is 3.81. The van der Waals surface area contributed by atoms with E-state index in [4.69, 9.17) is 9.84 Å². The van der Waals surface area contributed by atoms with Crippen molar-refractivity contribution in [3.63, 3.8) is 0 Å². The van der Waals surface area contributed by atoms with Crippen molar-refractivity contribution in [2.75, 3.05) is 12.4 Å². The number of carboxylic acids is 1. The Bertz CT molecular complexity index is 538. The van der Waals surface area contributed by atoms with Crippen molar-refractivity contribution in [1.82, 2.24) is 0 Å². The average Bonchev–Trinajstić information content (AvgIpc) is 2.95. The van der Waals surface area contributed by atoms with Gasteiger partial charge in [-0.1, -0.05) is 32.0 Å². The summed E-state index contributed by atoms with van der Waals surface area (Å²) < 4.78 is 5.08. The summed E-state index contributed by atoms with van der Waals surface area (Å²) in [5, 5.41) is 11.9. The molecule has 1 aromatic rings. The summed E-state index contributed by atoms with van der Waals surface area (Å²) >= 11 is 0. The van der Waals surface area contributed by atoms with Gasteiger partial charge in [-0.05, 0) is 11.5 Å². The minimum absolute atomic E-state index is 0.244. The molecule has 5 nitrogen and oxygen atoms in total. The van der Waals surface area contributed by atoms with Gasteiger partial charge in [-0.25, -0.2) is 0 Å². The summed E-state index contributed by atoms with van der Waals surface area (Å²) in [6.45, 7) is 4.00. The number of ether oxygens (including phenoxy) is 1. The lowest BCUT2D eigenvalue weighted by Gasteiger charge is -2.11. The molecule has 2 N–H and O–H groups in total. The lowest BCUT2D eigenvalue weighted by atomic mass is 10.1. The molecule has 0 bridgehead atoms. The summed E-state index contributed by atoms with van der Waals surface area (Å²) in [4.78, 5) is 23.4. The van der Waals surface area contributed by atoms with Gasteiger partial charge in [0.1, 0.15) is 0 Å². The van der Waals surface area contributed by atoms with Crippen LogP contribution >= 0.6 is 0 Å². The normalized spacial score (nSPS) is 23.1. The number of carboxylic acid groups (broad SMARTS) is 1. The number of hydrogen-bond donors (Lipinski definition) is 2. The van der Waals surface area contributed by atoms with Crippen molar-refractivity contribution in [3.05, 3.63) is 29.8 Å². The van der Waals surface area contributed by atoms with Gasteiger partial charge in [-0.2, -0.15) is 0 Å². The monoisotopic (exact) mass is 277 g/mol. The van der Waals surface area contributed by atoms with Crippen molar-refractivity contribution in [2.45, 2.75) is 20.5 Å². The molecule has 5 heteroatoms. The Balaban J connectivity index is 2.12. The number of methoxy groups -OCH3 is 1. The lowest BCUT2D eigenvalue weighted by molar-refractivity contribution is -0.140. The van der Waals surface area contributed by atoms with Crippen molar-refractivity contribution in [3.8, 4) is 0 Å². The second-order valence-electron chi connectivity index (χ2n) is 5.69. The van der Waals surface area contributed by atoms with Gasteiger partial charge < -0.3 is 15.2 Å². The van der Waals surface area contributed by atoms with Gasteiger partial charge in [0.2, 0.25) is 5.91 Å². The number of aliphatic carboxylic acids is 1.